The molecular weight excluding hydrogens is 466 g/mol. The predicted octanol–water partition coefficient (Wildman–Crippen LogP) is 2.02. The molecular formula is C25H31N5O6. The van der Waals surface area contributed by atoms with Crippen LogP contribution in [0.15, 0.2) is 54.6 Å². The lowest BCUT2D eigenvalue weighted by atomic mass is 10.1. The van der Waals surface area contributed by atoms with E-state index in [-0.39, 0.29) is 24.6 Å². The number of hydrogen-bond acceptors (Lipinski definition) is 9. The van der Waals surface area contributed by atoms with Crippen LogP contribution in [-0.2, 0) is 25.7 Å². The number of piperidine rings is 1. The minimum absolute atomic E-state index is 0.00154. The maximum absolute atomic E-state index is 12.6. The number of nitrogens with two attached hydrogens (primary N) is 2. The monoisotopic (exact) mass is 497 g/mol. The third-order valence-corrected chi connectivity index (χ3v) is 5.50. The number of hydrogen-bond donors (Lipinski definition) is 4. The zero-order valence-electron chi connectivity index (χ0n) is 19.9. The first-order valence-corrected chi connectivity index (χ1v) is 11.7. The average molecular weight is 498 g/mol. The third-order valence-electron chi connectivity index (χ3n) is 5.50. The molecule has 0 spiro atoms. The number of benzene rings is 2. The van der Waals surface area contributed by atoms with Gasteiger partial charge in [-0.2, -0.15) is 5.06 Å². The van der Waals surface area contributed by atoms with E-state index in [1.165, 1.54) is 12.1 Å². The standard InChI is InChI=1S/C25H31N5O6/c26-15-20(29-25(33)34-16-17-8-3-1-4-9-17)24(32)35-23(31)19-11-7-10-18(14-19)21(22(27)28)36-30-12-5-2-6-13-30/h1,3-4,7-11,14,20-21H,2,5-6,12-13,15-16,26H2,(H3,27,28)(H,29,33). The number of carbonyl (C=O) groups excluding carboxylic acids is 3. The number of amides is 1. The highest BCUT2D eigenvalue weighted by Crippen LogP contribution is 2.22. The van der Waals surface area contributed by atoms with Gasteiger partial charge in [-0.3, -0.25) is 10.2 Å². The Labute approximate surface area is 209 Å². The van der Waals surface area contributed by atoms with Crippen molar-refractivity contribution < 1.29 is 28.7 Å². The van der Waals surface area contributed by atoms with E-state index in [2.05, 4.69) is 5.32 Å². The van der Waals surface area contributed by atoms with Gasteiger partial charge in [0, 0.05) is 19.6 Å². The summed E-state index contributed by atoms with van der Waals surface area (Å²) in [6.07, 6.45) is 1.32. The van der Waals surface area contributed by atoms with E-state index in [9.17, 15) is 14.4 Å². The summed E-state index contributed by atoms with van der Waals surface area (Å²) in [5, 5.41) is 12.0. The van der Waals surface area contributed by atoms with Crippen LogP contribution in [0.4, 0.5) is 4.79 Å². The quantitative estimate of drug-likeness (QED) is 0.166. The second kappa shape index (κ2) is 13.3. The SMILES string of the molecule is N=C(N)C(ON1CCCCC1)c1cccc(C(=O)OC(=O)C(CN)NC(=O)OCc2ccccc2)c1. The molecule has 1 heterocycles. The molecule has 2 atom stereocenters. The smallest absolute Gasteiger partial charge is 0.408 e. The Bertz CT molecular complexity index is 1060. The molecule has 6 N–H and O–H groups in total. The Kier molecular flexibility index (Phi) is 9.92. The van der Waals surface area contributed by atoms with Crippen molar-refractivity contribution in [2.24, 2.45) is 11.5 Å². The molecule has 0 aromatic heterocycles. The van der Waals surface area contributed by atoms with Gasteiger partial charge in [0.15, 0.2) is 6.10 Å². The Balaban J connectivity index is 1.58. The minimum atomic E-state index is -1.28. The first-order valence-electron chi connectivity index (χ1n) is 11.7. The second-order valence-corrected chi connectivity index (χ2v) is 8.26. The minimum Gasteiger partial charge on any atom is -0.445 e. The van der Waals surface area contributed by atoms with Crippen LogP contribution in [0.25, 0.3) is 0 Å². The zero-order chi connectivity index (χ0) is 25.9. The lowest BCUT2D eigenvalue weighted by Gasteiger charge is -2.29. The zero-order valence-corrected chi connectivity index (χ0v) is 19.9. The Morgan fingerprint density at radius 3 is 2.42 bits per heavy atom. The van der Waals surface area contributed by atoms with Crippen molar-refractivity contribution in [3.05, 3.63) is 71.3 Å². The molecule has 36 heavy (non-hydrogen) atoms. The van der Waals surface area contributed by atoms with Crippen LogP contribution in [0.2, 0.25) is 0 Å². The van der Waals surface area contributed by atoms with Crippen LogP contribution in [-0.4, -0.2) is 54.6 Å². The lowest BCUT2D eigenvalue weighted by Crippen LogP contribution is -2.47. The van der Waals surface area contributed by atoms with Gasteiger partial charge >= 0.3 is 18.0 Å². The number of alkyl carbamates (subject to hydrolysis) is 1. The van der Waals surface area contributed by atoms with Crippen LogP contribution in [0.3, 0.4) is 0 Å². The number of esters is 2. The Hall–Kier alpha value is -3.80. The Morgan fingerprint density at radius 1 is 1.03 bits per heavy atom. The largest absolute Gasteiger partial charge is 0.445 e. The maximum atomic E-state index is 12.6. The number of nitrogens with one attached hydrogen (secondary N) is 2. The van der Waals surface area contributed by atoms with Crippen molar-refractivity contribution in [3.8, 4) is 0 Å². The summed E-state index contributed by atoms with van der Waals surface area (Å²) in [5.41, 5.74) is 12.6. The van der Waals surface area contributed by atoms with E-state index in [0.29, 0.717) is 5.56 Å². The molecule has 1 fully saturated rings. The highest BCUT2D eigenvalue weighted by molar-refractivity contribution is 5.99. The maximum Gasteiger partial charge on any atom is 0.408 e. The van der Waals surface area contributed by atoms with Gasteiger partial charge in [-0.15, -0.1) is 0 Å². The molecule has 2 aromatic carbocycles. The van der Waals surface area contributed by atoms with Gasteiger partial charge in [0.1, 0.15) is 18.5 Å². The molecule has 2 unspecified atom stereocenters. The normalized spacial score (nSPS) is 15.4. The van der Waals surface area contributed by atoms with Gasteiger partial charge < -0.3 is 26.3 Å². The van der Waals surface area contributed by atoms with Crippen molar-refractivity contribution in [2.45, 2.75) is 38.0 Å². The van der Waals surface area contributed by atoms with Crippen LogP contribution in [0.1, 0.15) is 46.9 Å². The van der Waals surface area contributed by atoms with Crippen molar-refractivity contribution in [1.29, 1.82) is 5.41 Å². The molecule has 192 valence electrons. The van der Waals surface area contributed by atoms with Gasteiger partial charge in [-0.1, -0.05) is 48.9 Å². The van der Waals surface area contributed by atoms with Crippen molar-refractivity contribution in [3.63, 3.8) is 0 Å². The second-order valence-electron chi connectivity index (χ2n) is 8.26. The Morgan fingerprint density at radius 2 is 1.75 bits per heavy atom. The number of amidine groups is 1. The molecule has 2 aromatic rings. The van der Waals surface area contributed by atoms with E-state index in [0.717, 1.165) is 37.9 Å². The van der Waals surface area contributed by atoms with Gasteiger partial charge in [-0.05, 0) is 36.1 Å². The summed E-state index contributed by atoms with van der Waals surface area (Å²) in [5.74, 6) is -2.19. The number of nitrogens with zero attached hydrogens (tertiary/aromatic N) is 1. The molecule has 0 saturated carbocycles. The molecule has 1 saturated heterocycles. The summed E-state index contributed by atoms with van der Waals surface area (Å²) in [6, 6.07) is 13.9. The van der Waals surface area contributed by atoms with Crippen LogP contribution in [0.5, 0.6) is 0 Å². The van der Waals surface area contributed by atoms with E-state index >= 15 is 0 Å². The van der Waals surface area contributed by atoms with Crippen molar-refractivity contribution >= 4 is 23.9 Å². The molecule has 11 heteroatoms. The molecule has 1 amide bonds. The number of carbonyl (C=O) groups is 3. The van der Waals surface area contributed by atoms with E-state index in [1.807, 2.05) is 6.07 Å². The highest BCUT2D eigenvalue weighted by atomic mass is 16.7. The average Bonchev–Trinajstić information content (AvgIpc) is 2.90. The van der Waals surface area contributed by atoms with Crippen LogP contribution in [0, 0.1) is 5.41 Å². The number of hydroxylamine groups is 2. The van der Waals surface area contributed by atoms with E-state index in [1.54, 1.807) is 41.5 Å². The first-order chi connectivity index (χ1) is 17.4. The van der Waals surface area contributed by atoms with Crippen molar-refractivity contribution in [2.75, 3.05) is 19.6 Å². The highest BCUT2D eigenvalue weighted by Gasteiger charge is 2.26. The van der Waals surface area contributed by atoms with Crippen molar-refractivity contribution in [1.82, 2.24) is 10.4 Å². The van der Waals surface area contributed by atoms with Gasteiger partial charge in [0.25, 0.3) is 0 Å². The molecule has 3 rings (SSSR count). The fraction of sp³-hybridized carbons (Fsp3) is 0.360. The summed E-state index contributed by atoms with van der Waals surface area (Å²) in [4.78, 5) is 43.1. The molecule has 1 aliphatic rings. The van der Waals surface area contributed by atoms with Gasteiger partial charge in [-0.25, -0.2) is 14.4 Å². The number of ether oxygens (including phenoxy) is 2. The summed E-state index contributed by atoms with van der Waals surface area (Å²) in [7, 11) is 0. The fourth-order valence-corrected chi connectivity index (χ4v) is 3.59. The topological polar surface area (TPSA) is 170 Å². The lowest BCUT2D eigenvalue weighted by molar-refractivity contribution is -0.189. The fourth-order valence-electron chi connectivity index (χ4n) is 3.59. The summed E-state index contributed by atoms with van der Waals surface area (Å²) < 4.78 is 10.0. The predicted molar refractivity (Wildman–Crippen MR) is 131 cm³/mol. The molecule has 1 aliphatic heterocycles. The summed E-state index contributed by atoms with van der Waals surface area (Å²) >= 11 is 0. The molecule has 0 aliphatic carbocycles. The summed E-state index contributed by atoms with van der Waals surface area (Å²) in [6.45, 7) is 1.15. The molecule has 0 radical (unpaired) electrons. The van der Waals surface area contributed by atoms with Gasteiger partial charge in [0.05, 0.1) is 5.56 Å². The third kappa shape index (κ3) is 7.87. The van der Waals surface area contributed by atoms with E-state index < -0.39 is 30.2 Å². The number of rotatable bonds is 10. The van der Waals surface area contributed by atoms with Crippen LogP contribution >= 0.6 is 0 Å². The first kappa shape index (κ1) is 26.8. The molecule has 0 bridgehead atoms. The molecule has 11 nitrogen and oxygen atoms in total. The van der Waals surface area contributed by atoms with Gasteiger partial charge in [0.2, 0.25) is 0 Å². The van der Waals surface area contributed by atoms with Crippen LogP contribution < -0.4 is 16.8 Å². The van der Waals surface area contributed by atoms with E-state index in [4.69, 9.17) is 31.2 Å².